The van der Waals surface area contributed by atoms with Crippen LogP contribution in [0.4, 0.5) is 0 Å². The molecule has 11 heteroatoms. The summed E-state index contributed by atoms with van der Waals surface area (Å²) < 4.78 is 18.3. The van der Waals surface area contributed by atoms with E-state index >= 15 is 0 Å². The molecule has 0 unspecified atom stereocenters. The van der Waals surface area contributed by atoms with E-state index in [1.807, 2.05) is 0 Å². The third kappa shape index (κ3) is 11.9. The van der Waals surface area contributed by atoms with Gasteiger partial charge in [-0.05, 0) is 0 Å². The molecular formula is C14H27N3O8. The first-order chi connectivity index (χ1) is 11.4. The van der Waals surface area contributed by atoms with Crippen molar-refractivity contribution in [1.82, 2.24) is 16.0 Å². The van der Waals surface area contributed by atoms with Crippen LogP contribution in [0.3, 0.4) is 0 Å². The van der Waals surface area contributed by atoms with E-state index in [1.165, 1.54) is 38.2 Å². The Bertz CT molecular complexity index is 368. The molecule has 0 rings (SSSR count). The van der Waals surface area contributed by atoms with Crippen LogP contribution in [0.15, 0.2) is 0 Å². The fourth-order valence-corrected chi connectivity index (χ4v) is 1.70. The lowest BCUT2D eigenvalue weighted by molar-refractivity contribution is -0.148. The lowest BCUT2D eigenvalue weighted by Crippen LogP contribution is -2.44. The number of methoxy groups -OCH3 is 4. The number of hydrogen-bond acceptors (Lipinski definition) is 11. The molecule has 11 nitrogen and oxygen atoms in total. The molecule has 25 heavy (non-hydrogen) atoms. The largest absolute Gasteiger partial charge is 0.468 e. The van der Waals surface area contributed by atoms with E-state index in [1.54, 1.807) is 0 Å². The fourth-order valence-electron chi connectivity index (χ4n) is 1.70. The van der Waals surface area contributed by atoms with E-state index in [-0.39, 0.29) is 45.4 Å². The van der Waals surface area contributed by atoms with Crippen molar-refractivity contribution in [3.05, 3.63) is 0 Å². The van der Waals surface area contributed by atoms with E-state index in [2.05, 4.69) is 18.9 Å². The van der Waals surface area contributed by atoms with E-state index in [0.717, 1.165) is 0 Å². The Morgan fingerprint density at radius 2 is 0.760 bits per heavy atom. The van der Waals surface area contributed by atoms with Crippen molar-refractivity contribution in [1.29, 1.82) is 0 Å². The molecule has 0 spiro atoms. The topological polar surface area (TPSA) is 147 Å². The van der Waals surface area contributed by atoms with Crippen LogP contribution in [-0.2, 0) is 38.1 Å². The van der Waals surface area contributed by atoms with E-state index in [0.29, 0.717) is 0 Å². The summed E-state index contributed by atoms with van der Waals surface area (Å²) >= 11 is 0. The Kier molecular flexibility index (Phi) is 14.1. The first-order valence-corrected chi connectivity index (χ1v) is 7.08. The molecule has 0 aliphatic heterocycles. The molecule has 0 amide bonds. The van der Waals surface area contributed by atoms with Crippen LogP contribution >= 0.6 is 0 Å². The number of carbonyl (C=O) groups is 4. The van der Waals surface area contributed by atoms with Crippen molar-refractivity contribution in [2.24, 2.45) is 0 Å². The summed E-state index contributed by atoms with van der Waals surface area (Å²) in [6.45, 7) is -0.0755. The third-order valence-electron chi connectivity index (χ3n) is 3.05. The van der Waals surface area contributed by atoms with Crippen molar-refractivity contribution in [2.75, 3.05) is 67.7 Å². The highest BCUT2D eigenvalue weighted by Crippen LogP contribution is 1.97. The highest BCUT2D eigenvalue weighted by Gasteiger charge is 2.19. The number of esters is 4. The van der Waals surface area contributed by atoms with Gasteiger partial charge in [-0.3, -0.25) is 29.0 Å². The molecule has 0 aromatic carbocycles. The number of carbonyl (C=O) groups excluding carboxylic acids is 4. The molecule has 0 fully saturated rings. The molecule has 0 aromatic rings. The van der Waals surface area contributed by atoms with Crippen LogP contribution in [-0.4, -0.2) is 101 Å². The minimum Gasteiger partial charge on any atom is -0.468 e. The molecule has 146 valence electrons. The van der Waals surface area contributed by atoms with Crippen LogP contribution in [0.2, 0.25) is 0 Å². The van der Waals surface area contributed by atoms with Crippen molar-refractivity contribution in [3.63, 3.8) is 0 Å². The zero-order chi connectivity index (χ0) is 18.5. The normalized spacial score (nSPS) is 10.0. The molecular weight excluding hydrogens is 338 g/mol. The molecule has 0 saturated carbocycles. The molecule has 0 radical (unpaired) electrons. The Morgan fingerprint density at radius 3 is 0.920 bits per heavy atom. The Morgan fingerprint density at radius 1 is 0.560 bits per heavy atom. The monoisotopic (exact) mass is 365 g/mol. The van der Waals surface area contributed by atoms with Crippen LogP contribution in [0.1, 0.15) is 0 Å². The standard InChI is InChI=1S/C14H24N2O8.H3N/c1-21-11(17)7-15(8-12(18)22-2)5-6-16(9-13(19)23-3)10-14(20)24-4;/h5-10H2,1-4H3;1H3. The van der Waals surface area contributed by atoms with E-state index < -0.39 is 23.9 Å². The Labute approximate surface area is 146 Å². The molecule has 0 bridgehead atoms. The summed E-state index contributed by atoms with van der Waals surface area (Å²) in [7, 11) is 4.94. The van der Waals surface area contributed by atoms with Gasteiger partial charge in [-0.15, -0.1) is 0 Å². The molecule has 0 aromatic heterocycles. The number of rotatable bonds is 11. The first kappa shape index (κ1) is 25.0. The predicted octanol–water partition coefficient (Wildman–Crippen LogP) is -1.56. The van der Waals surface area contributed by atoms with Crippen molar-refractivity contribution < 1.29 is 38.1 Å². The lowest BCUT2D eigenvalue weighted by Gasteiger charge is -2.25. The smallest absolute Gasteiger partial charge is 0.319 e. The summed E-state index contributed by atoms with van der Waals surface area (Å²) in [6, 6.07) is 0. The zero-order valence-electron chi connectivity index (χ0n) is 15.1. The highest BCUT2D eigenvalue weighted by atomic mass is 16.5. The molecule has 0 aliphatic carbocycles. The van der Waals surface area contributed by atoms with Crippen LogP contribution in [0, 0.1) is 0 Å². The zero-order valence-corrected chi connectivity index (χ0v) is 15.1. The van der Waals surface area contributed by atoms with E-state index in [4.69, 9.17) is 0 Å². The van der Waals surface area contributed by atoms with Gasteiger partial charge in [0, 0.05) is 13.1 Å². The van der Waals surface area contributed by atoms with Gasteiger partial charge in [-0.25, -0.2) is 0 Å². The van der Waals surface area contributed by atoms with Gasteiger partial charge in [0.1, 0.15) is 0 Å². The molecule has 0 heterocycles. The quantitative estimate of drug-likeness (QED) is 0.335. The average molecular weight is 365 g/mol. The highest BCUT2D eigenvalue weighted by molar-refractivity contribution is 5.75. The van der Waals surface area contributed by atoms with Gasteiger partial charge in [0.2, 0.25) is 0 Å². The SMILES string of the molecule is COC(=O)CN(CCN(CC(=O)OC)CC(=O)OC)CC(=O)OC.N. The fraction of sp³-hybridized carbons (Fsp3) is 0.714. The van der Waals surface area contributed by atoms with Gasteiger partial charge in [-0.2, -0.15) is 0 Å². The maximum Gasteiger partial charge on any atom is 0.319 e. The van der Waals surface area contributed by atoms with Crippen LogP contribution in [0.25, 0.3) is 0 Å². The van der Waals surface area contributed by atoms with Gasteiger partial charge in [0.15, 0.2) is 0 Å². The predicted molar refractivity (Wildman–Crippen MR) is 86.0 cm³/mol. The van der Waals surface area contributed by atoms with Crippen LogP contribution in [0.5, 0.6) is 0 Å². The molecule has 0 aliphatic rings. The van der Waals surface area contributed by atoms with Gasteiger partial charge < -0.3 is 25.1 Å². The summed E-state index contributed by atoms with van der Waals surface area (Å²) in [5.74, 6) is -2.09. The minimum atomic E-state index is -0.522. The van der Waals surface area contributed by atoms with Crippen molar-refractivity contribution in [3.8, 4) is 0 Å². The van der Waals surface area contributed by atoms with Gasteiger partial charge >= 0.3 is 23.9 Å². The second kappa shape index (κ2) is 14.1. The number of hydrogen-bond donors (Lipinski definition) is 1. The Balaban J connectivity index is 0. The first-order valence-electron chi connectivity index (χ1n) is 7.08. The van der Waals surface area contributed by atoms with Crippen molar-refractivity contribution in [2.45, 2.75) is 0 Å². The van der Waals surface area contributed by atoms with Gasteiger partial charge in [0.05, 0.1) is 54.6 Å². The average Bonchev–Trinajstić information content (AvgIpc) is 2.58. The third-order valence-corrected chi connectivity index (χ3v) is 3.05. The molecule has 3 N–H and O–H groups in total. The molecule has 0 saturated heterocycles. The maximum atomic E-state index is 11.4. The Hall–Kier alpha value is -2.24. The number of nitrogens with zero attached hydrogens (tertiary/aromatic N) is 2. The number of ether oxygens (including phenoxy) is 4. The molecule has 0 atom stereocenters. The van der Waals surface area contributed by atoms with Gasteiger partial charge in [0.25, 0.3) is 0 Å². The van der Waals surface area contributed by atoms with Gasteiger partial charge in [-0.1, -0.05) is 0 Å². The second-order valence-electron chi connectivity index (χ2n) is 4.73. The summed E-state index contributed by atoms with van der Waals surface area (Å²) in [6.07, 6.45) is 0. The van der Waals surface area contributed by atoms with E-state index in [9.17, 15) is 19.2 Å². The summed E-state index contributed by atoms with van der Waals surface area (Å²) in [5, 5.41) is 0. The second-order valence-corrected chi connectivity index (χ2v) is 4.73. The summed E-state index contributed by atoms with van der Waals surface area (Å²) in [5.41, 5.74) is 0. The summed E-state index contributed by atoms with van der Waals surface area (Å²) in [4.78, 5) is 48.6. The van der Waals surface area contributed by atoms with Crippen LogP contribution < -0.4 is 6.15 Å². The minimum absolute atomic E-state index is 0. The lowest BCUT2D eigenvalue weighted by atomic mass is 10.4. The maximum absolute atomic E-state index is 11.4. The van der Waals surface area contributed by atoms with Crippen molar-refractivity contribution >= 4 is 23.9 Å².